The normalized spacial score (nSPS) is 17.3. The van der Waals surface area contributed by atoms with E-state index in [1.807, 2.05) is 0 Å². The van der Waals surface area contributed by atoms with Crippen LogP contribution >= 0.6 is 0 Å². The highest BCUT2D eigenvalue weighted by Crippen LogP contribution is 2.26. The van der Waals surface area contributed by atoms with Crippen LogP contribution in [-0.2, 0) is 0 Å². The summed E-state index contributed by atoms with van der Waals surface area (Å²) in [5.74, 6) is -0.231. The highest BCUT2D eigenvalue weighted by Gasteiger charge is 2.19. The minimum atomic E-state index is -0.231. The monoisotopic (exact) mass is 261 g/mol. The molecule has 19 heavy (non-hydrogen) atoms. The van der Waals surface area contributed by atoms with E-state index >= 15 is 0 Å². The lowest BCUT2D eigenvalue weighted by Gasteiger charge is -2.26. The van der Waals surface area contributed by atoms with Gasteiger partial charge >= 0.3 is 0 Å². The van der Waals surface area contributed by atoms with Crippen molar-refractivity contribution in [2.24, 2.45) is 0 Å². The van der Waals surface area contributed by atoms with E-state index in [2.05, 4.69) is 28.5 Å². The Morgan fingerprint density at radius 1 is 1.21 bits per heavy atom. The summed E-state index contributed by atoms with van der Waals surface area (Å²) in [4.78, 5) is 7.86. The molecule has 0 saturated carbocycles. The maximum Gasteiger partial charge on any atom is 0.189 e. The number of hydrogen-bond donors (Lipinski definition) is 0. The van der Waals surface area contributed by atoms with E-state index in [4.69, 9.17) is 6.57 Å². The molecule has 1 aromatic rings. The van der Waals surface area contributed by atoms with Crippen LogP contribution in [0.3, 0.4) is 0 Å². The fraction of sp³-hybridized carbons (Fsp3) is 0.533. The Bertz CT molecular complexity index is 479. The lowest BCUT2D eigenvalue weighted by Crippen LogP contribution is -2.35. The lowest BCUT2D eigenvalue weighted by atomic mass is 10.2. The topological polar surface area (TPSA) is 10.8 Å². The molecule has 1 heterocycles. The molecule has 3 nitrogen and oxygen atoms in total. The third-order valence-electron chi connectivity index (χ3n) is 3.66. The van der Waals surface area contributed by atoms with Gasteiger partial charge < -0.3 is 4.90 Å². The van der Waals surface area contributed by atoms with Crippen molar-refractivity contribution in [2.45, 2.75) is 26.3 Å². The minimum absolute atomic E-state index is 0.231. The third kappa shape index (κ3) is 3.24. The van der Waals surface area contributed by atoms with E-state index in [1.165, 1.54) is 12.1 Å². The second kappa shape index (κ2) is 6.03. The van der Waals surface area contributed by atoms with Crippen molar-refractivity contribution in [1.82, 2.24) is 4.90 Å². The summed E-state index contributed by atoms with van der Waals surface area (Å²) in [6.45, 7) is 15.1. The minimum Gasteiger partial charge on any atom is -0.369 e. The van der Waals surface area contributed by atoms with Gasteiger partial charge in [-0.3, -0.25) is 4.90 Å². The molecule has 1 fully saturated rings. The molecule has 0 atom stereocenters. The Morgan fingerprint density at radius 3 is 2.68 bits per heavy atom. The van der Waals surface area contributed by atoms with Gasteiger partial charge in [0.15, 0.2) is 5.69 Å². The van der Waals surface area contributed by atoms with E-state index in [9.17, 15) is 4.39 Å². The first-order valence-corrected chi connectivity index (χ1v) is 6.78. The summed E-state index contributed by atoms with van der Waals surface area (Å²) >= 11 is 0. The average Bonchev–Trinajstić information content (AvgIpc) is 2.65. The molecular formula is C15H20FN3. The van der Waals surface area contributed by atoms with E-state index in [-0.39, 0.29) is 5.82 Å². The van der Waals surface area contributed by atoms with E-state index in [1.54, 1.807) is 6.07 Å². The van der Waals surface area contributed by atoms with E-state index < -0.39 is 0 Å². The zero-order valence-corrected chi connectivity index (χ0v) is 11.6. The number of rotatable bonds is 2. The molecule has 0 spiro atoms. The molecule has 4 heteroatoms. The van der Waals surface area contributed by atoms with Crippen molar-refractivity contribution in [3.05, 3.63) is 35.4 Å². The first-order chi connectivity index (χ1) is 9.11. The van der Waals surface area contributed by atoms with Gasteiger partial charge in [0, 0.05) is 32.2 Å². The standard InChI is InChI=1S/C15H20FN3/c1-12(2)18-7-4-8-19(10-9-18)15-11-13(17-3)5-6-14(15)16/h5-6,11-12H,4,7-10H2,1-2H3. The molecule has 1 aromatic carbocycles. The number of benzene rings is 1. The summed E-state index contributed by atoms with van der Waals surface area (Å²) in [7, 11) is 0. The number of nitrogens with zero attached hydrogens (tertiary/aromatic N) is 3. The average molecular weight is 261 g/mol. The molecule has 102 valence electrons. The molecular weight excluding hydrogens is 241 g/mol. The predicted molar refractivity (Wildman–Crippen MR) is 76.2 cm³/mol. The van der Waals surface area contributed by atoms with Crippen molar-refractivity contribution >= 4 is 11.4 Å². The number of hydrogen-bond acceptors (Lipinski definition) is 2. The van der Waals surface area contributed by atoms with Crippen molar-refractivity contribution < 1.29 is 4.39 Å². The first-order valence-electron chi connectivity index (χ1n) is 6.78. The fourth-order valence-corrected chi connectivity index (χ4v) is 2.51. The Kier molecular flexibility index (Phi) is 4.39. The van der Waals surface area contributed by atoms with Crippen molar-refractivity contribution in [1.29, 1.82) is 0 Å². The zero-order valence-electron chi connectivity index (χ0n) is 11.6. The highest BCUT2D eigenvalue weighted by atomic mass is 19.1. The summed E-state index contributed by atoms with van der Waals surface area (Å²) in [6, 6.07) is 5.12. The Balaban J connectivity index is 2.16. The van der Waals surface area contributed by atoms with Crippen molar-refractivity contribution in [3.63, 3.8) is 0 Å². The Hall–Kier alpha value is -1.60. The number of anilines is 1. The fourth-order valence-electron chi connectivity index (χ4n) is 2.51. The van der Waals surface area contributed by atoms with Gasteiger partial charge in [-0.1, -0.05) is 6.07 Å². The van der Waals surface area contributed by atoms with E-state index in [0.29, 0.717) is 17.4 Å². The van der Waals surface area contributed by atoms with Crippen molar-refractivity contribution in [3.8, 4) is 0 Å². The summed E-state index contributed by atoms with van der Waals surface area (Å²) < 4.78 is 13.9. The molecule has 0 unspecified atom stereocenters. The van der Waals surface area contributed by atoms with Crippen LogP contribution < -0.4 is 4.90 Å². The quantitative estimate of drug-likeness (QED) is 0.756. The largest absolute Gasteiger partial charge is 0.369 e. The van der Waals surface area contributed by atoms with Gasteiger partial charge in [-0.2, -0.15) is 0 Å². The molecule has 0 aliphatic carbocycles. The summed E-state index contributed by atoms with van der Waals surface area (Å²) in [6.07, 6.45) is 1.03. The molecule has 2 rings (SSSR count). The van der Waals surface area contributed by atoms with E-state index in [0.717, 1.165) is 32.6 Å². The molecule has 0 aromatic heterocycles. The van der Waals surface area contributed by atoms with Gasteiger partial charge in [0.25, 0.3) is 0 Å². The molecule has 1 saturated heterocycles. The molecule has 0 amide bonds. The highest BCUT2D eigenvalue weighted by molar-refractivity contribution is 5.59. The number of halogens is 1. The zero-order chi connectivity index (χ0) is 13.8. The van der Waals surface area contributed by atoms with Crippen LogP contribution in [0.25, 0.3) is 4.85 Å². The van der Waals surface area contributed by atoms with Gasteiger partial charge in [0.2, 0.25) is 0 Å². The molecule has 0 bridgehead atoms. The van der Waals surface area contributed by atoms with Gasteiger partial charge in [-0.15, -0.1) is 0 Å². The van der Waals surface area contributed by atoms with Crippen LogP contribution in [0, 0.1) is 12.4 Å². The van der Waals surface area contributed by atoms with Crippen molar-refractivity contribution in [2.75, 3.05) is 31.1 Å². The molecule has 0 N–H and O–H groups in total. The maximum atomic E-state index is 13.9. The summed E-state index contributed by atoms with van der Waals surface area (Å²) in [5.41, 5.74) is 1.07. The van der Waals surface area contributed by atoms with Crippen LogP contribution in [0.15, 0.2) is 18.2 Å². The van der Waals surface area contributed by atoms with Crippen LogP contribution in [-0.4, -0.2) is 37.1 Å². The summed E-state index contributed by atoms with van der Waals surface area (Å²) in [5, 5.41) is 0. The van der Waals surface area contributed by atoms with Gasteiger partial charge in [0.05, 0.1) is 12.3 Å². The second-order valence-electron chi connectivity index (χ2n) is 5.22. The lowest BCUT2D eigenvalue weighted by molar-refractivity contribution is 0.238. The Morgan fingerprint density at radius 2 is 2.00 bits per heavy atom. The van der Waals surface area contributed by atoms with Crippen LogP contribution in [0.1, 0.15) is 20.3 Å². The third-order valence-corrected chi connectivity index (χ3v) is 3.66. The second-order valence-corrected chi connectivity index (χ2v) is 5.22. The molecule has 0 radical (unpaired) electrons. The predicted octanol–water partition coefficient (Wildman–Crippen LogP) is 3.30. The van der Waals surface area contributed by atoms with Crippen LogP contribution in [0.4, 0.5) is 15.8 Å². The SMILES string of the molecule is [C-]#[N+]c1ccc(F)c(N2CCCN(C(C)C)CC2)c1. The molecule has 1 aliphatic heterocycles. The Labute approximate surface area is 114 Å². The van der Waals surface area contributed by atoms with Crippen LogP contribution in [0.5, 0.6) is 0 Å². The smallest absolute Gasteiger partial charge is 0.189 e. The molecule has 1 aliphatic rings. The van der Waals surface area contributed by atoms with Gasteiger partial charge in [-0.05, 0) is 32.4 Å². The van der Waals surface area contributed by atoms with Gasteiger partial charge in [-0.25, -0.2) is 9.24 Å². The van der Waals surface area contributed by atoms with Crippen LogP contribution in [0.2, 0.25) is 0 Å². The van der Waals surface area contributed by atoms with Gasteiger partial charge in [0.1, 0.15) is 5.82 Å². The maximum absolute atomic E-state index is 13.9. The first kappa shape index (κ1) is 13.8.